The number of unbranched alkanes of at least 4 members (excludes halogenated alkanes) is 2. The van der Waals surface area contributed by atoms with Crippen molar-refractivity contribution in [2.24, 2.45) is 17.6 Å². The highest BCUT2D eigenvalue weighted by molar-refractivity contribution is 5.98. The smallest absolute Gasteiger partial charge is 0.263 e. The first-order chi connectivity index (χ1) is 34.4. The van der Waals surface area contributed by atoms with E-state index < -0.39 is 0 Å². The molecule has 0 unspecified atom stereocenters. The van der Waals surface area contributed by atoms with Gasteiger partial charge in [0.25, 0.3) is 22.9 Å². The van der Waals surface area contributed by atoms with E-state index in [4.69, 9.17) is 24.7 Å². The van der Waals surface area contributed by atoms with Crippen molar-refractivity contribution >= 4 is 75.5 Å². The van der Waals surface area contributed by atoms with E-state index in [9.17, 15) is 33.6 Å². The zero-order valence-corrected chi connectivity index (χ0v) is 38.9. The summed E-state index contributed by atoms with van der Waals surface area (Å²) in [6.07, 6.45) is 8.55. The van der Waals surface area contributed by atoms with Gasteiger partial charge < -0.3 is 40.1 Å². The van der Waals surface area contributed by atoms with Crippen molar-refractivity contribution in [3.63, 3.8) is 0 Å². The molecular formula is C47H51N13O11. The minimum atomic E-state index is -0.260. The third-order valence-electron chi connectivity index (χ3n) is 11.9. The maximum absolute atomic E-state index is 12.6. The molecule has 6 aromatic rings. The number of methoxy groups -OCH3 is 2. The minimum Gasteiger partial charge on any atom is -0.480 e. The zero-order chi connectivity index (χ0) is 50.0. The quantitative estimate of drug-likeness (QED) is 0.104. The molecule has 0 spiro atoms. The number of anilines is 4. The maximum atomic E-state index is 12.6. The van der Waals surface area contributed by atoms with Crippen LogP contribution in [-0.2, 0) is 37.1 Å². The van der Waals surface area contributed by atoms with Gasteiger partial charge in [-0.25, -0.2) is 19.9 Å². The van der Waals surface area contributed by atoms with Crippen LogP contribution in [0.5, 0.6) is 23.3 Å². The Balaban J connectivity index is 0.000000158. The lowest BCUT2D eigenvalue weighted by Crippen LogP contribution is -2.29. The maximum Gasteiger partial charge on any atom is 0.263 e. The van der Waals surface area contributed by atoms with Gasteiger partial charge in [-0.05, 0) is 67.6 Å². The number of ether oxygens (including phenoxy) is 4. The van der Waals surface area contributed by atoms with E-state index in [2.05, 4.69) is 40.5 Å². The predicted molar refractivity (Wildman–Crippen MR) is 257 cm³/mol. The molecule has 0 bridgehead atoms. The fourth-order valence-corrected chi connectivity index (χ4v) is 8.32. The Bertz CT molecular complexity index is 3110. The van der Waals surface area contributed by atoms with Gasteiger partial charge in [0.05, 0.1) is 26.6 Å². The van der Waals surface area contributed by atoms with Crippen LogP contribution >= 0.6 is 0 Å². The molecule has 0 saturated carbocycles. The first-order valence-corrected chi connectivity index (χ1v) is 22.9. The molecule has 4 amide bonds. The van der Waals surface area contributed by atoms with E-state index >= 15 is 0 Å². The fourth-order valence-electron chi connectivity index (χ4n) is 8.32. The summed E-state index contributed by atoms with van der Waals surface area (Å²) in [6.45, 7) is 2.43. The molecule has 0 radical (unpaired) electrons. The number of nitrogens with one attached hydrogen (secondary N) is 2. The Morgan fingerprint density at radius 1 is 0.648 bits per heavy atom. The largest absolute Gasteiger partial charge is 0.480 e. The number of pyridine rings is 4. The average molecular weight is 974 g/mol. The number of amides is 4. The molecule has 370 valence electrons. The molecule has 2 fully saturated rings. The van der Waals surface area contributed by atoms with Crippen LogP contribution in [0, 0.1) is 11.8 Å². The molecule has 6 aromatic heterocycles. The van der Waals surface area contributed by atoms with Crippen molar-refractivity contribution in [1.29, 1.82) is 0 Å². The molecule has 10 rings (SSSR count). The number of nitrogens with two attached hydrogens (primary N) is 1. The third kappa shape index (κ3) is 11.6. The number of aldehydes is 1. The van der Waals surface area contributed by atoms with Gasteiger partial charge in [-0.2, -0.15) is 9.97 Å². The van der Waals surface area contributed by atoms with E-state index in [0.717, 1.165) is 32.0 Å². The molecule has 4 aliphatic rings. The van der Waals surface area contributed by atoms with Crippen LogP contribution in [0.2, 0.25) is 0 Å². The van der Waals surface area contributed by atoms with Crippen LogP contribution in [0.1, 0.15) is 44.9 Å². The van der Waals surface area contributed by atoms with Crippen LogP contribution in [0.25, 0.3) is 22.3 Å². The van der Waals surface area contributed by atoms with Gasteiger partial charge in [0.15, 0.2) is 47.6 Å². The number of nitrogens with zero attached hydrogens (tertiary/aromatic N) is 10. The van der Waals surface area contributed by atoms with E-state index in [1.807, 2.05) is 0 Å². The van der Waals surface area contributed by atoms with Crippen LogP contribution in [0.3, 0.4) is 0 Å². The number of fused-ring (bicyclic) bond motifs is 4. The second-order valence-electron chi connectivity index (χ2n) is 16.8. The number of hydrogen-bond donors (Lipinski definition) is 3. The molecule has 71 heavy (non-hydrogen) atoms. The Hall–Kier alpha value is -8.41. The summed E-state index contributed by atoms with van der Waals surface area (Å²) in [4.78, 5) is 111. The Kier molecular flexibility index (Phi) is 15.4. The lowest BCUT2D eigenvalue weighted by Gasteiger charge is -2.21. The third-order valence-corrected chi connectivity index (χ3v) is 11.9. The summed E-state index contributed by atoms with van der Waals surface area (Å²) in [6, 6.07) is 13.1. The topological polar surface area (TPSA) is 300 Å². The molecule has 10 heterocycles. The van der Waals surface area contributed by atoms with Crippen molar-refractivity contribution in [3.05, 3.63) is 81.6 Å². The summed E-state index contributed by atoms with van der Waals surface area (Å²) in [5.41, 5.74) is 7.46. The van der Waals surface area contributed by atoms with Crippen LogP contribution < -0.4 is 56.2 Å². The van der Waals surface area contributed by atoms with Gasteiger partial charge in [0.1, 0.15) is 29.0 Å². The first kappa shape index (κ1) is 49.0. The lowest BCUT2D eigenvalue weighted by molar-refractivity contribution is -0.119. The highest BCUT2D eigenvalue weighted by Crippen LogP contribution is 2.33. The van der Waals surface area contributed by atoms with Crippen molar-refractivity contribution in [1.82, 2.24) is 39.0 Å². The van der Waals surface area contributed by atoms with Crippen molar-refractivity contribution in [2.75, 3.05) is 67.5 Å². The summed E-state index contributed by atoms with van der Waals surface area (Å²) < 4.78 is 23.7. The van der Waals surface area contributed by atoms with E-state index in [1.54, 1.807) is 50.8 Å². The minimum absolute atomic E-state index is 0.00551. The van der Waals surface area contributed by atoms with Crippen molar-refractivity contribution in [2.45, 2.75) is 58.0 Å². The number of rotatable bonds is 14. The second kappa shape index (κ2) is 22.3. The van der Waals surface area contributed by atoms with E-state index in [-0.39, 0.29) is 66.2 Å². The Morgan fingerprint density at radius 2 is 1.15 bits per heavy atom. The van der Waals surface area contributed by atoms with Crippen molar-refractivity contribution in [3.8, 4) is 23.3 Å². The predicted octanol–water partition coefficient (Wildman–Crippen LogP) is 2.25. The number of carbonyl (C=O) groups is 5. The SMILES string of the molecule is COc1cnc2ccc(=O)n(CCC=O)c2n1.COc1cnc2ccc(=O)n(CCCCC[C@H]3CC(=O)N(c4ccc5c(n4)NC(=O)CO5)C3)c2n1.NC[C@H]1CC(=O)N(c2ccc3c(n2)NC(=O)CO3)C1. The van der Waals surface area contributed by atoms with Gasteiger partial charge in [-0.1, -0.05) is 12.8 Å². The summed E-state index contributed by atoms with van der Waals surface area (Å²) in [7, 11) is 3.00. The molecule has 2 saturated heterocycles. The Morgan fingerprint density at radius 3 is 1.65 bits per heavy atom. The van der Waals surface area contributed by atoms with Crippen LogP contribution in [0.15, 0.2) is 70.5 Å². The Labute approximate surface area is 404 Å². The van der Waals surface area contributed by atoms with Gasteiger partial charge in [-0.15, -0.1) is 0 Å². The monoisotopic (exact) mass is 973 g/mol. The van der Waals surface area contributed by atoms with Crippen LogP contribution in [-0.4, -0.2) is 116 Å². The number of aryl methyl sites for hydroxylation is 2. The average Bonchev–Trinajstić information content (AvgIpc) is 3.96. The molecule has 0 aromatic carbocycles. The fraction of sp³-hybridized carbons (Fsp3) is 0.383. The van der Waals surface area contributed by atoms with Crippen LogP contribution in [0.4, 0.5) is 23.3 Å². The van der Waals surface area contributed by atoms with Crippen molar-refractivity contribution < 1.29 is 42.9 Å². The summed E-state index contributed by atoms with van der Waals surface area (Å²) in [5, 5.41) is 5.31. The molecule has 24 heteroatoms. The van der Waals surface area contributed by atoms with E-state index in [1.165, 1.54) is 43.3 Å². The standard InChI is InChI=1S/C24H26N6O5.C12H14N4O3.C11H11N3O3/c1-34-20-12-25-16-6-9-21(32)29(24(16)28-20)10-4-2-3-5-15-11-22(33)30(13-15)18-8-7-17-23(26-18)27-19(31)14-35-17;13-4-7-3-11(18)16(5-7)9-2-1-8-12(14-9)15-10(17)6-19-8;1-17-9-7-12-8-3-4-10(16)14(5-2-6-15)11(8)13-9/h6-9,12,15H,2-5,10-11,13-14H2,1H3,(H,26,27,31);1-2,7H,3-6,13H2,(H,14,15,17);3-4,6-7H,2,5H2,1H3/t15-;7-;/m01./s1. The first-order valence-electron chi connectivity index (χ1n) is 22.9. The molecule has 4 N–H and O–H groups in total. The van der Waals surface area contributed by atoms with E-state index in [0.29, 0.717) is 114 Å². The number of aromatic nitrogens is 8. The molecule has 4 aliphatic heterocycles. The highest BCUT2D eigenvalue weighted by Gasteiger charge is 2.33. The zero-order valence-electron chi connectivity index (χ0n) is 38.9. The number of carbonyl (C=O) groups excluding carboxylic acids is 5. The van der Waals surface area contributed by atoms with Gasteiger partial charge in [0.2, 0.25) is 23.6 Å². The molecule has 24 nitrogen and oxygen atoms in total. The summed E-state index contributed by atoms with van der Waals surface area (Å²) >= 11 is 0. The lowest BCUT2D eigenvalue weighted by atomic mass is 10.0. The molecule has 2 atom stereocenters. The van der Waals surface area contributed by atoms with Gasteiger partial charge >= 0.3 is 0 Å². The summed E-state index contributed by atoms with van der Waals surface area (Å²) in [5.74, 6) is 3.41. The molecule has 0 aliphatic carbocycles. The van der Waals surface area contributed by atoms with Gasteiger partial charge in [-0.3, -0.25) is 47.7 Å². The van der Waals surface area contributed by atoms with Gasteiger partial charge in [0, 0.05) is 57.6 Å². The second-order valence-corrected chi connectivity index (χ2v) is 16.8. The normalized spacial score (nSPS) is 16.9. The number of hydrogen-bond acceptors (Lipinski definition) is 18. The highest BCUT2D eigenvalue weighted by atomic mass is 16.5. The molecular weight excluding hydrogens is 923 g/mol.